The number of nitrogens with one attached hydrogen (secondary N) is 1. The van der Waals surface area contributed by atoms with Gasteiger partial charge in [-0.2, -0.15) is 13.2 Å². The van der Waals surface area contributed by atoms with Gasteiger partial charge in [0.25, 0.3) is 5.91 Å². The first-order chi connectivity index (χ1) is 13.1. The van der Waals surface area contributed by atoms with Crippen LogP contribution in [0, 0.1) is 5.41 Å². The molecule has 5 nitrogen and oxygen atoms in total. The number of carbonyl (C=O) groups excluding carboxylic acids is 1. The second-order valence-electron chi connectivity index (χ2n) is 5.62. The fourth-order valence-corrected chi connectivity index (χ4v) is 3.67. The molecule has 1 saturated heterocycles. The number of benzene rings is 2. The van der Waals surface area contributed by atoms with Crippen LogP contribution >= 0.6 is 23.4 Å². The zero-order valence-corrected chi connectivity index (χ0v) is 15.7. The maximum absolute atomic E-state index is 13.3. The molecule has 146 valence electrons. The fourth-order valence-electron chi connectivity index (χ4n) is 2.60. The molecule has 0 spiro atoms. The van der Waals surface area contributed by atoms with Gasteiger partial charge in [-0.05, 0) is 47.7 Å². The van der Waals surface area contributed by atoms with E-state index < -0.39 is 23.3 Å². The van der Waals surface area contributed by atoms with E-state index in [0.29, 0.717) is 10.5 Å². The number of methoxy groups -OCH3 is 1. The number of anilines is 1. The van der Waals surface area contributed by atoms with E-state index in [0.717, 1.165) is 23.9 Å². The van der Waals surface area contributed by atoms with Crippen molar-refractivity contribution in [2.75, 3.05) is 12.0 Å². The predicted octanol–water partition coefficient (Wildman–Crippen LogP) is 5.13. The molecule has 1 aliphatic rings. The number of phenols is 1. The smallest absolute Gasteiger partial charge is 0.418 e. The molecule has 10 heteroatoms. The first kappa shape index (κ1) is 20.1. The van der Waals surface area contributed by atoms with Crippen LogP contribution < -0.4 is 9.64 Å². The SMILES string of the molecule is COc1cc(C=C2SC(=N)N(c3ccccc3C(F)(F)F)C2=O)cc(Cl)c1O. The Morgan fingerprint density at radius 3 is 2.61 bits per heavy atom. The molecule has 3 rings (SSSR count). The van der Waals surface area contributed by atoms with Crippen LogP contribution in [0.15, 0.2) is 41.3 Å². The van der Waals surface area contributed by atoms with Crippen molar-refractivity contribution in [3.8, 4) is 11.5 Å². The molecular weight excluding hydrogens is 417 g/mol. The molecule has 0 radical (unpaired) electrons. The second kappa shape index (κ2) is 7.40. The summed E-state index contributed by atoms with van der Waals surface area (Å²) >= 11 is 6.64. The lowest BCUT2D eigenvalue weighted by molar-refractivity contribution is -0.137. The van der Waals surface area contributed by atoms with E-state index in [1.807, 2.05) is 0 Å². The van der Waals surface area contributed by atoms with Crippen LogP contribution in [0.3, 0.4) is 0 Å². The lowest BCUT2D eigenvalue weighted by atomic mass is 10.1. The summed E-state index contributed by atoms with van der Waals surface area (Å²) in [5.74, 6) is -0.968. The van der Waals surface area contributed by atoms with Crippen molar-refractivity contribution in [2.45, 2.75) is 6.18 Å². The fraction of sp³-hybridized carbons (Fsp3) is 0.111. The quantitative estimate of drug-likeness (QED) is 0.665. The highest BCUT2D eigenvalue weighted by molar-refractivity contribution is 8.19. The summed E-state index contributed by atoms with van der Waals surface area (Å²) in [5, 5.41) is 17.4. The van der Waals surface area contributed by atoms with Gasteiger partial charge < -0.3 is 9.84 Å². The zero-order valence-electron chi connectivity index (χ0n) is 14.2. The minimum atomic E-state index is -4.67. The zero-order chi connectivity index (χ0) is 20.6. The molecule has 1 amide bonds. The largest absolute Gasteiger partial charge is 0.503 e. The molecular formula is C18H12ClF3N2O3S. The van der Waals surface area contributed by atoms with Crippen molar-refractivity contribution in [3.63, 3.8) is 0 Å². The summed E-state index contributed by atoms with van der Waals surface area (Å²) in [6.45, 7) is 0. The van der Waals surface area contributed by atoms with Gasteiger partial charge in [0.1, 0.15) is 0 Å². The number of aromatic hydroxyl groups is 1. The summed E-state index contributed by atoms with van der Waals surface area (Å²) in [6, 6.07) is 7.35. The van der Waals surface area contributed by atoms with Crippen molar-refractivity contribution < 1.29 is 27.8 Å². The minimum Gasteiger partial charge on any atom is -0.503 e. The van der Waals surface area contributed by atoms with Gasteiger partial charge in [-0.25, -0.2) is 0 Å². The van der Waals surface area contributed by atoms with Crippen LogP contribution in [0.2, 0.25) is 5.02 Å². The number of hydrogen-bond acceptors (Lipinski definition) is 5. The van der Waals surface area contributed by atoms with Gasteiger partial charge in [0.2, 0.25) is 0 Å². The number of carbonyl (C=O) groups is 1. The summed E-state index contributed by atoms with van der Waals surface area (Å²) in [7, 11) is 1.32. The number of amides is 1. The second-order valence-corrected chi connectivity index (χ2v) is 7.06. The first-order valence-electron chi connectivity index (χ1n) is 7.68. The van der Waals surface area contributed by atoms with Crippen LogP contribution in [-0.2, 0) is 11.0 Å². The highest BCUT2D eigenvalue weighted by Gasteiger charge is 2.40. The average Bonchev–Trinajstić information content (AvgIpc) is 2.90. The van der Waals surface area contributed by atoms with Gasteiger partial charge in [0.05, 0.1) is 28.3 Å². The third-order valence-corrected chi connectivity index (χ3v) is 5.02. The Labute approximate surface area is 166 Å². The van der Waals surface area contributed by atoms with Crippen molar-refractivity contribution in [1.29, 1.82) is 5.41 Å². The van der Waals surface area contributed by atoms with Gasteiger partial charge in [-0.1, -0.05) is 23.7 Å². The Morgan fingerprint density at radius 2 is 1.96 bits per heavy atom. The van der Waals surface area contributed by atoms with Crippen LogP contribution in [-0.4, -0.2) is 23.3 Å². The molecule has 1 aliphatic heterocycles. The Bertz CT molecular complexity index is 1010. The normalized spacial score (nSPS) is 16.2. The van der Waals surface area contributed by atoms with Crippen LogP contribution in [0.4, 0.5) is 18.9 Å². The van der Waals surface area contributed by atoms with E-state index in [4.69, 9.17) is 21.7 Å². The Balaban J connectivity index is 2.02. The number of rotatable bonds is 3. The minimum absolute atomic E-state index is 0.0176. The lowest BCUT2D eigenvalue weighted by Gasteiger charge is -2.19. The number of para-hydroxylation sites is 1. The van der Waals surface area contributed by atoms with Gasteiger partial charge in [0.15, 0.2) is 16.7 Å². The topological polar surface area (TPSA) is 73.6 Å². The highest BCUT2D eigenvalue weighted by atomic mass is 35.5. The molecule has 2 aromatic carbocycles. The van der Waals surface area contributed by atoms with E-state index in [1.54, 1.807) is 0 Å². The molecule has 1 fully saturated rings. The van der Waals surface area contributed by atoms with E-state index in [2.05, 4.69) is 0 Å². The summed E-state index contributed by atoms with van der Waals surface area (Å²) in [5.41, 5.74) is -1.04. The molecule has 0 aromatic heterocycles. The molecule has 28 heavy (non-hydrogen) atoms. The maximum Gasteiger partial charge on any atom is 0.418 e. The number of nitrogens with zero attached hydrogens (tertiary/aromatic N) is 1. The monoisotopic (exact) mass is 428 g/mol. The summed E-state index contributed by atoms with van der Waals surface area (Å²) < 4.78 is 44.8. The van der Waals surface area contributed by atoms with Crippen molar-refractivity contribution in [1.82, 2.24) is 0 Å². The van der Waals surface area contributed by atoms with E-state index in [-0.39, 0.29) is 26.6 Å². The van der Waals surface area contributed by atoms with Gasteiger partial charge >= 0.3 is 6.18 Å². The third kappa shape index (κ3) is 3.67. The van der Waals surface area contributed by atoms with Crippen LogP contribution in [0.5, 0.6) is 11.5 Å². The predicted molar refractivity (Wildman–Crippen MR) is 102 cm³/mol. The van der Waals surface area contributed by atoms with Crippen molar-refractivity contribution >= 4 is 46.2 Å². The third-order valence-electron chi connectivity index (χ3n) is 3.84. The molecule has 2 aromatic rings. The Hall–Kier alpha value is -2.65. The molecule has 1 heterocycles. The number of amidine groups is 1. The number of halogens is 4. The number of phenolic OH excluding ortho intramolecular Hbond substituents is 1. The van der Waals surface area contributed by atoms with Crippen molar-refractivity contribution in [3.05, 3.63) is 57.5 Å². The molecule has 0 bridgehead atoms. The maximum atomic E-state index is 13.3. The summed E-state index contributed by atoms with van der Waals surface area (Å²) in [6.07, 6.45) is -3.31. The van der Waals surface area contributed by atoms with Gasteiger partial charge in [-0.3, -0.25) is 15.1 Å². The van der Waals surface area contributed by atoms with E-state index >= 15 is 0 Å². The summed E-state index contributed by atoms with van der Waals surface area (Å²) in [4.78, 5) is 13.5. The van der Waals surface area contributed by atoms with Crippen molar-refractivity contribution in [2.24, 2.45) is 0 Å². The lowest BCUT2D eigenvalue weighted by Crippen LogP contribution is -2.30. The van der Waals surface area contributed by atoms with E-state index in [1.165, 1.54) is 37.5 Å². The highest BCUT2D eigenvalue weighted by Crippen LogP contribution is 2.42. The molecule has 0 saturated carbocycles. The Morgan fingerprint density at radius 1 is 1.29 bits per heavy atom. The molecule has 0 atom stereocenters. The molecule has 0 aliphatic carbocycles. The van der Waals surface area contributed by atoms with Crippen LogP contribution in [0.1, 0.15) is 11.1 Å². The van der Waals surface area contributed by atoms with E-state index in [9.17, 15) is 23.1 Å². The van der Waals surface area contributed by atoms with Crippen LogP contribution in [0.25, 0.3) is 6.08 Å². The number of ether oxygens (including phenoxy) is 1. The number of thioether (sulfide) groups is 1. The first-order valence-corrected chi connectivity index (χ1v) is 8.88. The Kier molecular flexibility index (Phi) is 5.31. The van der Waals surface area contributed by atoms with Gasteiger partial charge in [0, 0.05) is 0 Å². The average molecular weight is 429 g/mol. The van der Waals surface area contributed by atoms with Gasteiger partial charge in [-0.15, -0.1) is 0 Å². The molecule has 0 unspecified atom stereocenters. The molecule has 2 N–H and O–H groups in total. The number of hydrogen-bond donors (Lipinski definition) is 2. The standard InChI is InChI=1S/C18H12ClF3N2O3S/c1-27-13-7-9(6-11(19)15(13)25)8-14-16(26)24(17(23)28-14)12-5-3-2-4-10(12)18(20,21)22/h2-8,23,25H,1H3. The number of alkyl halides is 3.